The van der Waals surface area contributed by atoms with E-state index >= 15 is 0 Å². The van der Waals surface area contributed by atoms with Crippen molar-refractivity contribution in [2.24, 2.45) is 11.7 Å². The molecule has 4 nitrogen and oxygen atoms in total. The Morgan fingerprint density at radius 3 is 2.55 bits per heavy atom. The number of rotatable bonds is 1. The molecule has 0 radical (unpaired) electrons. The topological polar surface area (TPSA) is 83.5 Å². The van der Waals surface area contributed by atoms with Gasteiger partial charge in [0.1, 0.15) is 0 Å². The van der Waals surface area contributed by atoms with E-state index in [9.17, 15) is 4.79 Å². The molecular formula is C7H13NO3. The van der Waals surface area contributed by atoms with Crippen LogP contribution in [0.15, 0.2) is 0 Å². The zero-order valence-corrected chi connectivity index (χ0v) is 6.23. The molecule has 0 heterocycles. The predicted molar refractivity (Wildman–Crippen MR) is 39.0 cm³/mol. The Labute approximate surface area is 65.0 Å². The summed E-state index contributed by atoms with van der Waals surface area (Å²) in [5, 5.41) is 17.8. The van der Waals surface area contributed by atoms with Crippen LogP contribution in [-0.2, 0) is 4.79 Å². The van der Waals surface area contributed by atoms with Gasteiger partial charge in [-0.2, -0.15) is 0 Å². The van der Waals surface area contributed by atoms with Crippen molar-refractivity contribution in [3.63, 3.8) is 0 Å². The average Bonchev–Trinajstić information content (AvgIpc) is 1.94. The van der Waals surface area contributed by atoms with Crippen LogP contribution < -0.4 is 5.73 Å². The lowest BCUT2D eigenvalue weighted by Crippen LogP contribution is -2.42. The Morgan fingerprint density at radius 1 is 1.45 bits per heavy atom. The smallest absolute Gasteiger partial charge is 0.308 e. The summed E-state index contributed by atoms with van der Waals surface area (Å²) in [5.74, 6) is -1.45. The van der Waals surface area contributed by atoms with Crippen LogP contribution in [0.25, 0.3) is 0 Å². The molecule has 1 aliphatic rings. The minimum Gasteiger partial charge on any atom is -0.481 e. The molecule has 0 aromatic rings. The first kappa shape index (κ1) is 8.49. The van der Waals surface area contributed by atoms with E-state index in [1.165, 1.54) is 0 Å². The van der Waals surface area contributed by atoms with E-state index in [1.54, 1.807) is 0 Å². The van der Waals surface area contributed by atoms with Crippen LogP contribution in [0, 0.1) is 5.92 Å². The summed E-state index contributed by atoms with van der Waals surface area (Å²) < 4.78 is 0. The number of carboxylic acid groups (broad SMARTS) is 1. The van der Waals surface area contributed by atoms with Gasteiger partial charge in [0.25, 0.3) is 0 Å². The normalized spacial score (nSPS) is 38.5. The minimum absolute atomic E-state index is 0.282. The number of aliphatic hydroxyl groups excluding tert-OH is 1. The van der Waals surface area contributed by atoms with Crippen molar-refractivity contribution in [2.45, 2.75) is 31.4 Å². The number of aliphatic hydroxyl groups is 1. The minimum atomic E-state index is -0.892. The Balaban J connectivity index is 2.54. The van der Waals surface area contributed by atoms with Gasteiger partial charge in [-0.3, -0.25) is 4.79 Å². The molecule has 11 heavy (non-hydrogen) atoms. The van der Waals surface area contributed by atoms with Gasteiger partial charge in [-0.05, 0) is 19.3 Å². The predicted octanol–water partition coefficient (Wildman–Crippen LogP) is -0.441. The van der Waals surface area contributed by atoms with Crippen LogP contribution in [0.5, 0.6) is 0 Å². The second-order valence-electron chi connectivity index (χ2n) is 3.08. The number of carboxylic acids is 1. The molecule has 0 spiro atoms. The van der Waals surface area contributed by atoms with Crippen LogP contribution in [0.1, 0.15) is 19.3 Å². The molecule has 0 amide bonds. The van der Waals surface area contributed by atoms with E-state index < -0.39 is 18.0 Å². The zero-order valence-electron chi connectivity index (χ0n) is 6.23. The lowest BCUT2D eigenvalue weighted by Gasteiger charge is -2.28. The van der Waals surface area contributed by atoms with Gasteiger partial charge >= 0.3 is 5.97 Å². The number of carbonyl (C=O) groups is 1. The standard InChI is InChI=1S/C7H13NO3/c8-6-2-1-4(9)3-5(6)7(10)11/h4-6,9H,1-3,8H2,(H,10,11)/t4-,5-,6+/m0/s1. The van der Waals surface area contributed by atoms with Gasteiger partial charge in [0.2, 0.25) is 0 Å². The first-order valence-electron chi connectivity index (χ1n) is 3.77. The highest BCUT2D eigenvalue weighted by Crippen LogP contribution is 2.23. The highest BCUT2D eigenvalue weighted by molar-refractivity contribution is 5.71. The summed E-state index contributed by atoms with van der Waals surface area (Å²) in [5.41, 5.74) is 5.55. The van der Waals surface area contributed by atoms with Crippen molar-refractivity contribution in [3.8, 4) is 0 Å². The molecule has 4 N–H and O–H groups in total. The van der Waals surface area contributed by atoms with Crippen LogP contribution in [0.2, 0.25) is 0 Å². The molecule has 0 aliphatic heterocycles. The van der Waals surface area contributed by atoms with E-state index in [0.717, 1.165) is 0 Å². The summed E-state index contributed by atoms with van der Waals surface area (Å²) in [6, 6.07) is -0.282. The SMILES string of the molecule is N[C@@H]1CC[C@H](O)C[C@@H]1C(=O)O. The quantitative estimate of drug-likeness (QED) is 0.484. The largest absolute Gasteiger partial charge is 0.481 e. The third kappa shape index (κ3) is 1.91. The zero-order chi connectivity index (χ0) is 8.43. The Kier molecular flexibility index (Phi) is 2.46. The first-order chi connectivity index (χ1) is 5.11. The molecule has 4 heteroatoms. The van der Waals surface area contributed by atoms with Gasteiger partial charge in [-0.25, -0.2) is 0 Å². The fraction of sp³-hybridized carbons (Fsp3) is 0.857. The highest BCUT2D eigenvalue weighted by atomic mass is 16.4. The van der Waals surface area contributed by atoms with Gasteiger partial charge in [-0.1, -0.05) is 0 Å². The summed E-state index contributed by atoms with van der Waals surface area (Å²) in [4.78, 5) is 10.5. The maximum Gasteiger partial charge on any atom is 0.308 e. The van der Waals surface area contributed by atoms with Gasteiger partial charge in [0.15, 0.2) is 0 Å². The van der Waals surface area contributed by atoms with Crippen molar-refractivity contribution in [1.82, 2.24) is 0 Å². The van der Waals surface area contributed by atoms with Crippen molar-refractivity contribution in [3.05, 3.63) is 0 Å². The van der Waals surface area contributed by atoms with E-state index in [4.69, 9.17) is 15.9 Å². The van der Waals surface area contributed by atoms with Gasteiger partial charge in [-0.15, -0.1) is 0 Å². The fourth-order valence-electron chi connectivity index (χ4n) is 1.46. The molecule has 3 atom stereocenters. The molecule has 0 aromatic heterocycles. The fourth-order valence-corrected chi connectivity index (χ4v) is 1.46. The lowest BCUT2D eigenvalue weighted by atomic mass is 9.83. The monoisotopic (exact) mass is 159 g/mol. The van der Waals surface area contributed by atoms with E-state index in [1.807, 2.05) is 0 Å². The number of hydrogen-bond acceptors (Lipinski definition) is 3. The molecule has 1 fully saturated rings. The van der Waals surface area contributed by atoms with E-state index in [0.29, 0.717) is 19.3 Å². The highest BCUT2D eigenvalue weighted by Gasteiger charge is 2.31. The average molecular weight is 159 g/mol. The Bertz CT molecular complexity index is 160. The van der Waals surface area contributed by atoms with Crippen LogP contribution in [-0.4, -0.2) is 28.3 Å². The van der Waals surface area contributed by atoms with Crippen molar-refractivity contribution in [1.29, 1.82) is 0 Å². The number of nitrogens with two attached hydrogens (primary N) is 1. The maximum absolute atomic E-state index is 10.5. The first-order valence-corrected chi connectivity index (χ1v) is 3.77. The van der Waals surface area contributed by atoms with Crippen molar-refractivity contribution in [2.75, 3.05) is 0 Å². The number of hydrogen-bond donors (Lipinski definition) is 3. The molecular weight excluding hydrogens is 146 g/mol. The molecule has 64 valence electrons. The molecule has 1 aliphatic carbocycles. The van der Waals surface area contributed by atoms with E-state index in [-0.39, 0.29) is 6.04 Å². The van der Waals surface area contributed by atoms with Gasteiger partial charge in [0, 0.05) is 6.04 Å². The van der Waals surface area contributed by atoms with Crippen molar-refractivity contribution >= 4 is 5.97 Å². The van der Waals surface area contributed by atoms with E-state index in [2.05, 4.69) is 0 Å². The summed E-state index contributed by atoms with van der Waals surface area (Å²) in [6.45, 7) is 0. The Morgan fingerprint density at radius 2 is 2.09 bits per heavy atom. The van der Waals surface area contributed by atoms with Gasteiger partial charge < -0.3 is 15.9 Å². The summed E-state index contributed by atoms with van der Waals surface area (Å²) in [7, 11) is 0. The second-order valence-corrected chi connectivity index (χ2v) is 3.08. The summed E-state index contributed by atoms with van der Waals surface area (Å²) in [6.07, 6.45) is 1.07. The molecule has 1 rings (SSSR count). The van der Waals surface area contributed by atoms with Crippen LogP contribution >= 0.6 is 0 Å². The van der Waals surface area contributed by atoms with Gasteiger partial charge in [0.05, 0.1) is 12.0 Å². The third-order valence-corrected chi connectivity index (χ3v) is 2.19. The third-order valence-electron chi connectivity index (χ3n) is 2.19. The summed E-state index contributed by atoms with van der Waals surface area (Å²) >= 11 is 0. The molecule has 0 unspecified atom stereocenters. The maximum atomic E-state index is 10.5. The second kappa shape index (κ2) is 3.19. The molecule has 0 bridgehead atoms. The number of aliphatic carboxylic acids is 1. The Hall–Kier alpha value is -0.610. The van der Waals surface area contributed by atoms with Crippen molar-refractivity contribution < 1.29 is 15.0 Å². The molecule has 1 saturated carbocycles. The molecule has 0 saturated heterocycles. The molecule has 0 aromatic carbocycles. The van der Waals surface area contributed by atoms with Crippen LogP contribution in [0.4, 0.5) is 0 Å². The lowest BCUT2D eigenvalue weighted by molar-refractivity contribution is -0.144. The van der Waals surface area contributed by atoms with Crippen LogP contribution in [0.3, 0.4) is 0 Å².